The molecule has 55 heavy (non-hydrogen) atoms. The maximum atomic E-state index is 15.8. The molecule has 0 aliphatic carbocycles. The molecule has 3 aliphatic rings. The number of methoxy groups -OCH3 is 1. The number of carbonyl (C=O) groups is 1. The first-order valence-corrected chi connectivity index (χ1v) is 21.0. The number of sulfonamides is 1. The summed E-state index contributed by atoms with van der Waals surface area (Å²) < 4.78 is 82.3. The van der Waals surface area contributed by atoms with E-state index < -0.39 is 49.8 Å². The Morgan fingerprint density at radius 3 is 2.27 bits per heavy atom. The molecule has 10 nitrogen and oxygen atoms in total. The highest BCUT2D eigenvalue weighted by Gasteiger charge is 2.39. The topological polar surface area (TPSA) is 105 Å². The monoisotopic (exact) mass is 820 g/mol. The van der Waals surface area contributed by atoms with E-state index in [4.69, 9.17) is 16.3 Å². The molecule has 3 aromatic carbocycles. The fourth-order valence-electron chi connectivity index (χ4n) is 7.48. The van der Waals surface area contributed by atoms with E-state index in [9.17, 15) is 22.7 Å². The lowest BCUT2D eigenvalue weighted by Gasteiger charge is -2.50. The zero-order valence-corrected chi connectivity index (χ0v) is 33.7. The molecule has 16 heteroatoms. The van der Waals surface area contributed by atoms with Crippen molar-refractivity contribution in [1.29, 1.82) is 0 Å². The van der Waals surface area contributed by atoms with Crippen molar-refractivity contribution in [3.05, 3.63) is 100 Å². The third kappa shape index (κ3) is 8.57. The van der Waals surface area contributed by atoms with E-state index in [2.05, 4.69) is 9.88 Å². The van der Waals surface area contributed by atoms with E-state index in [-0.39, 0.29) is 17.9 Å². The smallest absolute Gasteiger partial charge is 0.321 e. The van der Waals surface area contributed by atoms with Gasteiger partial charge >= 0.3 is 5.97 Å². The molecule has 7 rings (SSSR count). The second kappa shape index (κ2) is 16.5. The first-order chi connectivity index (χ1) is 26.1. The van der Waals surface area contributed by atoms with Gasteiger partial charge in [0.15, 0.2) is 5.16 Å². The highest BCUT2D eigenvalue weighted by molar-refractivity contribution is 7.98. The molecule has 3 aliphatic heterocycles. The summed E-state index contributed by atoms with van der Waals surface area (Å²) >= 11 is 7.31. The number of hydrogen-bond acceptors (Lipinski definition) is 7. The van der Waals surface area contributed by atoms with Gasteiger partial charge in [-0.25, -0.2) is 26.6 Å². The molecule has 0 amide bonds. The molecular weight excluding hydrogens is 775 g/mol. The van der Waals surface area contributed by atoms with Gasteiger partial charge in [0.2, 0.25) is 10.0 Å². The predicted molar refractivity (Wildman–Crippen MR) is 206 cm³/mol. The van der Waals surface area contributed by atoms with Crippen LogP contribution in [-0.4, -0.2) is 108 Å². The van der Waals surface area contributed by atoms with Crippen molar-refractivity contribution in [2.24, 2.45) is 0 Å². The molecule has 2 bridgehead atoms. The Hall–Kier alpha value is -3.60. The van der Waals surface area contributed by atoms with Crippen molar-refractivity contribution in [3.8, 4) is 11.4 Å². The number of rotatable bonds is 16. The van der Waals surface area contributed by atoms with Crippen LogP contribution in [-0.2, 0) is 26.0 Å². The Labute approximate surface area is 329 Å². The number of halogens is 4. The number of ether oxygens (including phenoxy) is 1. The highest BCUT2D eigenvalue weighted by atomic mass is 35.5. The van der Waals surface area contributed by atoms with Gasteiger partial charge < -0.3 is 14.3 Å². The van der Waals surface area contributed by atoms with Gasteiger partial charge in [0, 0.05) is 48.6 Å². The number of nitrogens with zero attached hydrogens (tertiary/aromatic N) is 5. The largest absolute Gasteiger partial charge is 0.495 e. The van der Waals surface area contributed by atoms with Crippen molar-refractivity contribution in [2.45, 2.75) is 60.9 Å². The van der Waals surface area contributed by atoms with Crippen LogP contribution in [0, 0.1) is 17.5 Å². The number of aromatic nitrogens is 2. The second-order valence-electron chi connectivity index (χ2n) is 14.8. The van der Waals surface area contributed by atoms with Crippen LogP contribution in [0.3, 0.4) is 0 Å². The Morgan fingerprint density at radius 1 is 1.04 bits per heavy atom. The molecule has 0 spiro atoms. The van der Waals surface area contributed by atoms with E-state index in [1.165, 1.54) is 26.2 Å². The summed E-state index contributed by atoms with van der Waals surface area (Å²) in [5.74, 6) is -3.78. The van der Waals surface area contributed by atoms with E-state index >= 15 is 8.78 Å². The lowest BCUT2D eigenvalue weighted by atomic mass is 9.81. The lowest BCUT2D eigenvalue weighted by Crippen LogP contribution is -2.67. The summed E-state index contributed by atoms with van der Waals surface area (Å²) in [7, 11) is -3.08. The van der Waals surface area contributed by atoms with Crippen molar-refractivity contribution < 1.29 is 40.7 Å². The Morgan fingerprint density at radius 2 is 1.67 bits per heavy atom. The van der Waals surface area contributed by atoms with E-state index in [0.717, 1.165) is 84.1 Å². The van der Waals surface area contributed by atoms with Crippen LogP contribution in [0.4, 0.5) is 13.2 Å². The molecule has 0 radical (unpaired) electrons. The molecule has 296 valence electrons. The normalized spacial score (nSPS) is 19.2. The number of thioether (sulfide) groups is 1. The number of unbranched alkanes of at least 4 members (excludes halogenated alkanes) is 1. The van der Waals surface area contributed by atoms with Crippen molar-refractivity contribution >= 4 is 39.4 Å². The first-order valence-electron chi connectivity index (χ1n) is 18.2. The molecule has 0 saturated carbocycles. The van der Waals surface area contributed by atoms with Crippen LogP contribution in [0.15, 0.2) is 70.8 Å². The van der Waals surface area contributed by atoms with Gasteiger partial charge in [0.25, 0.3) is 0 Å². The number of benzene rings is 3. The van der Waals surface area contributed by atoms with Gasteiger partial charge in [0.1, 0.15) is 29.2 Å². The third-order valence-corrected chi connectivity index (χ3v) is 14.4. The van der Waals surface area contributed by atoms with Crippen molar-refractivity contribution in [3.63, 3.8) is 0 Å². The number of fused-ring (bicyclic) bond motifs is 3. The van der Waals surface area contributed by atoms with Gasteiger partial charge in [-0.2, -0.15) is 4.31 Å². The van der Waals surface area contributed by atoms with Crippen LogP contribution >= 0.6 is 23.4 Å². The lowest BCUT2D eigenvalue weighted by molar-refractivity contribution is -0.941. The number of quaternary nitrogens is 1. The number of carboxylic acid groups (broad SMARTS) is 1. The van der Waals surface area contributed by atoms with E-state index in [1.807, 2.05) is 26.0 Å². The maximum Gasteiger partial charge on any atom is 0.321 e. The Kier molecular flexibility index (Phi) is 12.3. The number of carboxylic acids is 1. The summed E-state index contributed by atoms with van der Waals surface area (Å²) in [5, 5.41) is 10.6. The number of piperazine rings is 3. The summed E-state index contributed by atoms with van der Waals surface area (Å²) in [6.45, 7) is 12.2. The summed E-state index contributed by atoms with van der Waals surface area (Å²) in [5.41, 5.74) is 0.985. The maximum absolute atomic E-state index is 15.8. The summed E-state index contributed by atoms with van der Waals surface area (Å²) in [4.78, 5) is 18.4. The molecule has 4 aromatic rings. The molecule has 3 saturated heterocycles. The minimum Gasteiger partial charge on any atom is -0.495 e. The van der Waals surface area contributed by atoms with Crippen LogP contribution in [0.5, 0.6) is 5.75 Å². The minimum absolute atomic E-state index is 0.101. The second-order valence-corrected chi connectivity index (χ2v) is 18.0. The van der Waals surface area contributed by atoms with E-state index in [1.54, 1.807) is 29.0 Å². The predicted octanol–water partition coefficient (Wildman–Crippen LogP) is 6.96. The SMILES string of the molecule is COc1cc(C(C)(C)c2cnc(SCc3c(F)cc(S(=O)(=O)N(CCCC[N+]45CCN(CC4)CC5)[C@H](C)C(=O)O)cc3F)n2-c2ccc(F)cc2)ccc1Cl. The number of imidazole rings is 1. The molecule has 3 fully saturated rings. The number of hydrogen-bond donors (Lipinski definition) is 1. The van der Waals surface area contributed by atoms with Crippen molar-refractivity contribution in [2.75, 3.05) is 59.5 Å². The van der Waals surface area contributed by atoms with Crippen LogP contribution < -0.4 is 4.74 Å². The summed E-state index contributed by atoms with van der Waals surface area (Å²) in [6.07, 6.45) is 2.74. The van der Waals surface area contributed by atoms with Crippen molar-refractivity contribution in [1.82, 2.24) is 18.8 Å². The zero-order chi connectivity index (χ0) is 39.7. The minimum atomic E-state index is -4.60. The van der Waals surface area contributed by atoms with Gasteiger partial charge in [0.05, 0.1) is 55.1 Å². The standard InChI is InChI=1S/C39H45ClF3N5O5S2/c1-26(37(49)50)46(13-5-6-17-48-18-14-45(15-19-48)16-20-48)55(51,52)30-22-33(42)31(34(43)23-30)25-54-38-44-24-36(47(38)29-10-8-28(41)9-11-29)39(2,3)27-7-12-32(40)35(21-27)53-4/h7-12,21-24,26H,5-6,13-20,25H2,1-4H3/p+1/t26-/m1/s1. The fourth-order valence-corrected chi connectivity index (χ4v) is 10.3. The van der Waals surface area contributed by atoms with Gasteiger partial charge in [-0.1, -0.05) is 43.3 Å². The van der Waals surface area contributed by atoms with Gasteiger partial charge in [-0.05, 0) is 73.9 Å². The average molecular weight is 821 g/mol. The van der Waals surface area contributed by atoms with E-state index in [0.29, 0.717) is 40.2 Å². The first kappa shape index (κ1) is 41.0. The molecular formula is C39H46ClF3N5O5S2+. The van der Waals surface area contributed by atoms with Gasteiger partial charge in [-0.3, -0.25) is 14.3 Å². The highest BCUT2D eigenvalue weighted by Crippen LogP contribution is 2.40. The quantitative estimate of drug-likeness (QED) is 0.0736. The average Bonchev–Trinajstić information content (AvgIpc) is 3.60. The van der Waals surface area contributed by atoms with Gasteiger partial charge in [-0.15, -0.1) is 0 Å². The molecule has 1 N–H and O–H groups in total. The zero-order valence-electron chi connectivity index (χ0n) is 31.3. The fraction of sp³-hybridized carbons (Fsp3) is 0.436. The Bertz CT molecular complexity index is 2110. The molecule has 4 heterocycles. The Balaban J connectivity index is 1.24. The molecule has 1 atom stereocenters. The summed E-state index contributed by atoms with van der Waals surface area (Å²) in [6, 6.07) is 11.2. The van der Waals surface area contributed by atoms with Crippen LogP contribution in [0.25, 0.3) is 5.69 Å². The molecule has 1 aromatic heterocycles. The van der Waals surface area contributed by atoms with Crippen LogP contribution in [0.2, 0.25) is 5.02 Å². The third-order valence-electron chi connectivity index (χ3n) is 11.1. The molecule has 0 unspecified atom stereocenters. The number of aliphatic carboxylic acids is 1. The van der Waals surface area contributed by atoms with Crippen LogP contribution in [0.1, 0.15) is 50.4 Å².